The summed E-state index contributed by atoms with van der Waals surface area (Å²) in [5, 5.41) is 11.4. The lowest BCUT2D eigenvalue weighted by Gasteiger charge is -2.39. The zero-order valence-corrected chi connectivity index (χ0v) is 22.5. The average Bonchev–Trinajstić information content (AvgIpc) is 2.83. The lowest BCUT2D eigenvalue weighted by molar-refractivity contribution is -0.118. The molecular formula is C27H36N2O6S. The van der Waals surface area contributed by atoms with Crippen molar-refractivity contribution in [1.29, 1.82) is 0 Å². The van der Waals surface area contributed by atoms with Crippen LogP contribution in [0.2, 0.25) is 0 Å². The molecule has 2 aliphatic rings. The number of piperidine rings is 1. The molecule has 0 saturated carbocycles. The summed E-state index contributed by atoms with van der Waals surface area (Å²) < 4.78 is 36.5. The maximum absolute atomic E-state index is 13.0. The molecule has 2 aromatic rings. The van der Waals surface area contributed by atoms with Crippen molar-refractivity contribution < 1.29 is 27.8 Å². The quantitative estimate of drug-likeness (QED) is 0.606. The summed E-state index contributed by atoms with van der Waals surface area (Å²) in [5.41, 5.74) is 2.37. The topological polar surface area (TPSA) is 96.4 Å². The highest BCUT2D eigenvalue weighted by Gasteiger charge is 2.38. The molecule has 2 heterocycles. The van der Waals surface area contributed by atoms with Crippen LogP contribution in [-0.2, 0) is 33.4 Å². The third-order valence-electron chi connectivity index (χ3n) is 7.30. The lowest BCUT2D eigenvalue weighted by Crippen LogP contribution is -2.43. The van der Waals surface area contributed by atoms with E-state index in [0.717, 1.165) is 22.4 Å². The van der Waals surface area contributed by atoms with Gasteiger partial charge in [0.2, 0.25) is 15.9 Å². The Bertz CT molecular complexity index is 1220. The standard InChI is InChI=1S/C27H36N2O6S/c1-18(2)35-25-15-20-17-29(26(30)16-19(20)14-24(25)34-4)23-8-6-21(7-9-23)27(3,31)22-10-12-28(13-11-22)36(5,32)33/h6-9,14-15,18,22,31H,10-13,16-17H2,1-5H3. The fourth-order valence-electron chi connectivity index (χ4n) is 5.18. The van der Waals surface area contributed by atoms with Crippen molar-refractivity contribution in [3.8, 4) is 11.5 Å². The van der Waals surface area contributed by atoms with Crippen LogP contribution >= 0.6 is 0 Å². The molecule has 0 aromatic heterocycles. The molecule has 196 valence electrons. The first-order chi connectivity index (χ1) is 16.9. The molecule has 4 rings (SSSR count). The number of amides is 1. The number of methoxy groups -OCH3 is 1. The highest BCUT2D eigenvalue weighted by molar-refractivity contribution is 7.88. The van der Waals surface area contributed by atoms with Gasteiger partial charge in [0.05, 0.1) is 38.0 Å². The zero-order chi connectivity index (χ0) is 26.3. The van der Waals surface area contributed by atoms with E-state index in [1.165, 1.54) is 10.6 Å². The number of fused-ring (bicyclic) bond motifs is 1. The molecular weight excluding hydrogens is 480 g/mol. The van der Waals surface area contributed by atoms with Crippen LogP contribution in [-0.4, -0.2) is 56.3 Å². The Labute approximate surface area is 213 Å². The Morgan fingerprint density at radius 1 is 1.06 bits per heavy atom. The highest BCUT2D eigenvalue weighted by atomic mass is 32.2. The molecule has 1 atom stereocenters. The molecule has 0 spiro atoms. The predicted molar refractivity (Wildman–Crippen MR) is 139 cm³/mol. The summed E-state index contributed by atoms with van der Waals surface area (Å²) in [6.45, 7) is 6.95. The van der Waals surface area contributed by atoms with Gasteiger partial charge in [-0.05, 0) is 80.5 Å². The van der Waals surface area contributed by atoms with Gasteiger partial charge in [-0.15, -0.1) is 0 Å². The Morgan fingerprint density at radius 2 is 1.67 bits per heavy atom. The smallest absolute Gasteiger partial charge is 0.231 e. The Balaban J connectivity index is 1.51. The molecule has 1 fully saturated rings. The normalized spacial score (nSPS) is 19.2. The Hall–Kier alpha value is -2.62. The first-order valence-corrected chi connectivity index (χ1v) is 14.2. The van der Waals surface area contributed by atoms with Crippen molar-refractivity contribution in [3.05, 3.63) is 53.1 Å². The first-order valence-electron chi connectivity index (χ1n) is 12.3. The number of carbonyl (C=O) groups is 1. The van der Waals surface area contributed by atoms with Crippen molar-refractivity contribution in [2.45, 2.75) is 58.3 Å². The van der Waals surface area contributed by atoms with Crippen molar-refractivity contribution in [1.82, 2.24) is 4.31 Å². The summed E-state index contributed by atoms with van der Waals surface area (Å²) in [7, 11) is -1.62. The number of benzene rings is 2. The van der Waals surface area contributed by atoms with E-state index < -0.39 is 15.6 Å². The third-order valence-corrected chi connectivity index (χ3v) is 8.60. The van der Waals surface area contributed by atoms with E-state index in [9.17, 15) is 18.3 Å². The third kappa shape index (κ3) is 5.38. The molecule has 0 radical (unpaired) electrons. The van der Waals surface area contributed by atoms with Gasteiger partial charge in [-0.1, -0.05) is 12.1 Å². The van der Waals surface area contributed by atoms with Crippen molar-refractivity contribution >= 4 is 21.6 Å². The minimum atomic E-state index is -3.22. The molecule has 0 bridgehead atoms. The highest BCUT2D eigenvalue weighted by Crippen LogP contribution is 2.39. The number of anilines is 1. The number of rotatable bonds is 7. The van der Waals surface area contributed by atoms with Crippen LogP contribution in [0.1, 0.15) is 50.3 Å². The molecule has 0 aliphatic carbocycles. The van der Waals surface area contributed by atoms with Crippen LogP contribution in [0.3, 0.4) is 0 Å². The molecule has 1 N–H and O–H groups in total. The van der Waals surface area contributed by atoms with Gasteiger partial charge in [0.25, 0.3) is 0 Å². The van der Waals surface area contributed by atoms with Gasteiger partial charge in [-0.3, -0.25) is 4.79 Å². The van der Waals surface area contributed by atoms with Gasteiger partial charge >= 0.3 is 0 Å². The fraction of sp³-hybridized carbons (Fsp3) is 0.519. The van der Waals surface area contributed by atoms with Crippen LogP contribution in [0.15, 0.2) is 36.4 Å². The van der Waals surface area contributed by atoms with Gasteiger partial charge < -0.3 is 19.5 Å². The van der Waals surface area contributed by atoms with Gasteiger partial charge in [-0.25, -0.2) is 12.7 Å². The summed E-state index contributed by atoms with van der Waals surface area (Å²) in [6, 6.07) is 11.3. The fourth-order valence-corrected chi connectivity index (χ4v) is 6.05. The second kappa shape index (κ2) is 10.0. The van der Waals surface area contributed by atoms with E-state index in [0.29, 0.717) is 44.0 Å². The minimum absolute atomic E-state index is 0.00257. The molecule has 1 saturated heterocycles. The van der Waals surface area contributed by atoms with Crippen LogP contribution in [0.5, 0.6) is 11.5 Å². The van der Waals surface area contributed by atoms with Crippen molar-refractivity contribution in [2.24, 2.45) is 5.92 Å². The molecule has 2 aromatic carbocycles. The monoisotopic (exact) mass is 516 g/mol. The molecule has 1 amide bonds. The maximum Gasteiger partial charge on any atom is 0.231 e. The van der Waals surface area contributed by atoms with E-state index in [-0.39, 0.29) is 24.3 Å². The number of hydrogen-bond acceptors (Lipinski definition) is 6. The number of sulfonamides is 1. The average molecular weight is 517 g/mol. The molecule has 1 unspecified atom stereocenters. The first kappa shape index (κ1) is 26.4. The van der Waals surface area contributed by atoms with Crippen molar-refractivity contribution in [3.63, 3.8) is 0 Å². The van der Waals surface area contributed by atoms with Crippen LogP contribution in [0.25, 0.3) is 0 Å². The van der Waals surface area contributed by atoms with Gasteiger partial charge in [0.1, 0.15) is 0 Å². The Morgan fingerprint density at radius 3 is 2.22 bits per heavy atom. The Kier molecular flexibility index (Phi) is 7.37. The summed E-state index contributed by atoms with van der Waals surface area (Å²) >= 11 is 0. The minimum Gasteiger partial charge on any atom is -0.493 e. The van der Waals surface area contributed by atoms with E-state index in [2.05, 4.69) is 0 Å². The predicted octanol–water partition coefficient (Wildman–Crippen LogP) is 3.45. The number of ether oxygens (including phenoxy) is 2. The number of nitrogens with zero attached hydrogens (tertiary/aromatic N) is 2. The zero-order valence-electron chi connectivity index (χ0n) is 21.7. The van der Waals surface area contributed by atoms with Gasteiger partial charge in [0, 0.05) is 18.8 Å². The second-order valence-corrected chi connectivity index (χ2v) is 12.2. The summed E-state index contributed by atoms with van der Waals surface area (Å²) in [5.74, 6) is 1.22. The van der Waals surface area contributed by atoms with Crippen molar-refractivity contribution in [2.75, 3.05) is 31.4 Å². The molecule has 8 nitrogen and oxygen atoms in total. The largest absolute Gasteiger partial charge is 0.493 e. The van der Waals surface area contributed by atoms with Crippen LogP contribution in [0.4, 0.5) is 5.69 Å². The van der Waals surface area contributed by atoms with Crippen LogP contribution < -0.4 is 14.4 Å². The molecule has 36 heavy (non-hydrogen) atoms. The van der Waals surface area contributed by atoms with Crippen LogP contribution in [0, 0.1) is 5.92 Å². The number of carbonyl (C=O) groups excluding carboxylic acids is 1. The van der Waals surface area contributed by atoms with E-state index in [1.807, 2.05) is 50.2 Å². The summed E-state index contributed by atoms with van der Waals surface area (Å²) in [6.07, 6.45) is 2.67. The SMILES string of the molecule is COc1cc2c(cc1OC(C)C)CN(c1ccc(C(C)(O)C3CCN(S(C)(=O)=O)CC3)cc1)C(=O)C2. The maximum atomic E-state index is 13.0. The second-order valence-electron chi connectivity index (χ2n) is 10.2. The van der Waals surface area contributed by atoms with Gasteiger partial charge in [-0.2, -0.15) is 0 Å². The van der Waals surface area contributed by atoms with E-state index in [4.69, 9.17) is 9.47 Å². The number of hydrogen-bond donors (Lipinski definition) is 1. The van der Waals surface area contributed by atoms with E-state index in [1.54, 1.807) is 18.9 Å². The molecule has 9 heteroatoms. The van der Waals surface area contributed by atoms with E-state index >= 15 is 0 Å². The number of aliphatic hydroxyl groups is 1. The van der Waals surface area contributed by atoms with Gasteiger partial charge in [0.15, 0.2) is 11.5 Å². The molecule has 2 aliphatic heterocycles. The summed E-state index contributed by atoms with van der Waals surface area (Å²) in [4.78, 5) is 14.8. The lowest BCUT2D eigenvalue weighted by atomic mass is 9.77.